The molecule has 0 radical (unpaired) electrons. The Morgan fingerprint density at radius 1 is 2.00 bits per heavy atom. The second kappa shape index (κ2) is 3.23. The highest BCUT2D eigenvalue weighted by Crippen LogP contribution is 1.35. The van der Waals surface area contributed by atoms with Crippen LogP contribution in [0.3, 0.4) is 0 Å². The topological polar surface area (TPSA) is 12.4 Å². The molecule has 0 bridgehead atoms. The first-order chi connectivity index (χ1) is 1.91. The minimum Gasteiger partial charge on any atom is -0.382 e. The summed E-state index contributed by atoms with van der Waals surface area (Å²) in [6.07, 6.45) is 0. The second-order valence-corrected chi connectivity index (χ2v) is 3.10. The van der Waals surface area contributed by atoms with Gasteiger partial charge in [-0.15, -0.1) is 0 Å². The van der Waals surface area contributed by atoms with Crippen LogP contribution in [0.25, 0.3) is 0 Å². The normalized spacial score (nSPS) is 10.2. The third kappa shape index (κ3) is 2.23. The third-order valence-electron chi connectivity index (χ3n) is 0.258. The van der Waals surface area contributed by atoms with E-state index in [4.69, 9.17) is 0 Å². The van der Waals surface area contributed by atoms with Gasteiger partial charge in [0.2, 0.25) is 0 Å². The van der Waals surface area contributed by atoms with Gasteiger partial charge >= 0.3 is 0 Å². The summed E-state index contributed by atoms with van der Waals surface area (Å²) < 4.78 is 3.96. The average Bonchev–Trinajstić information content (AvgIpc) is 1.37. The summed E-state index contributed by atoms with van der Waals surface area (Å²) in [6.45, 7) is 2.13. The van der Waals surface area contributed by atoms with E-state index < -0.39 is 0 Å². The monoisotopic (exact) mass is 89.0 g/mol. The molecule has 4 heavy (non-hydrogen) atoms. The van der Waals surface area contributed by atoms with E-state index in [1.165, 1.54) is 0 Å². The van der Waals surface area contributed by atoms with Crippen LogP contribution in [0.2, 0.25) is 6.55 Å². The predicted molar refractivity (Wildman–Crippen MR) is 25.4 cm³/mol. The molecule has 3 heteroatoms. The van der Waals surface area contributed by atoms with Gasteiger partial charge in [-0.05, 0) is 6.55 Å². The lowest BCUT2D eigenvalue weighted by molar-refractivity contribution is 1.96. The zero-order chi connectivity index (χ0) is 3.41. The maximum atomic E-state index is 3.96. The largest absolute Gasteiger partial charge is 0.382 e. The van der Waals surface area contributed by atoms with Crippen LogP contribution in [-0.2, 0) is 0 Å². The van der Waals surface area contributed by atoms with E-state index in [9.17, 15) is 0 Å². The van der Waals surface area contributed by atoms with Crippen LogP contribution in [0, 0.1) is 0 Å². The van der Waals surface area contributed by atoms with Crippen LogP contribution in [0.1, 0.15) is 0 Å². The standard InChI is InChI=1S/CH7NSi2/c1-4-2-3/h4H,1,3H3/b4-2-. The first-order valence-electron chi connectivity index (χ1n) is 1.28. The predicted octanol–water partition coefficient (Wildman–Crippen LogP) is -1.07. The molecule has 0 aromatic heterocycles. The van der Waals surface area contributed by atoms with Crippen LogP contribution in [0.5, 0.6) is 0 Å². The lowest BCUT2D eigenvalue weighted by atomic mass is 11.9. The van der Waals surface area contributed by atoms with Crippen molar-refractivity contribution in [3.8, 4) is 0 Å². The summed E-state index contributed by atoms with van der Waals surface area (Å²) in [7, 11) is 1.52. The smallest absolute Gasteiger partial charge is 0.120 e. The Morgan fingerprint density at radius 3 is 2.25 bits per heavy atom. The molecule has 0 saturated carbocycles. The third-order valence-corrected chi connectivity index (χ3v) is 2.32. The van der Waals surface area contributed by atoms with Crippen molar-refractivity contribution in [2.24, 2.45) is 4.30 Å². The fourth-order valence-electron chi connectivity index (χ4n) is 0. The van der Waals surface area contributed by atoms with E-state index in [0.717, 1.165) is 10.4 Å². The van der Waals surface area contributed by atoms with Crippen LogP contribution < -0.4 is 0 Å². The molecule has 0 aromatic carbocycles. The lowest BCUT2D eigenvalue weighted by Gasteiger charge is -1.52. The molecule has 0 unspecified atom stereocenters. The molecule has 0 aliphatic heterocycles. The van der Waals surface area contributed by atoms with Crippen molar-refractivity contribution in [3.05, 3.63) is 0 Å². The zero-order valence-electron chi connectivity index (χ0n) is 3.02. The maximum absolute atomic E-state index is 3.96. The van der Waals surface area contributed by atoms with Crippen molar-refractivity contribution in [1.29, 1.82) is 0 Å². The van der Waals surface area contributed by atoms with Crippen LogP contribution in [0.4, 0.5) is 0 Å². The Kier molecular flexibility index (Phi) is 3.42. The molecular formula is CH7NSi2. The van der Waals surface area contributed by atoms with Crippen molar-refractivity contribution in [2.75, 3.05) is 0 Å². The van der Waals surface area contributed by atoms with E-state index in [-0.39, 0.29) is 0 Å². The Labute approximate surface area is 31.5 Å². The number of nitrogens with zero attached hydrogens (tertiary/aromatic N) is 1. The van der Waals surface area contributed by atoms with E-state index in [2.05, 4.69) is 10.8 Å². The minimum atomic E-state index is 0.469. The van der Waals surface area contributed by atoms with Gasteiger partial charge in [0.25, 0.3) is 0 Å². The molecule has 0 fully saturated rings. The maximum Gasteiger partial charge on any atom is 0.120 e. The van der Waals surface area contributed by atoms with Gasteiger partial charge < -0.3 is 4.30 Å². The molecule has 0 atom stereocenters. The summed E-state index contributed by atoms with van der Waals surface area (Å²) in [6, 6.07) is 0. The van der Waals surface area contributed by atoms with E-state index in [1.54, 1.807) is 0 Å². The van der Waals surface area contributed by atoms with Gasteiger partial charge in [-0.1, -0.05) is 0 Å². The Morgan fingerprint density at radius 2 is 2.25 bits per heavy atom. The number of hydrogen-bond donors (Lipinski definition) is 0. The molecule has 0 N–H and O–H groups in total. The number of hydrogen-bond acceptors (Lipinski definition) is 1. The summed E-state index contributed by atoms with van der Waals surface area (Å²) in [4.78, 5) is 0. The van der Waals surface area contributed by atoms with Gasteiger partial charge in [-0.2, -0.15) is 0 Å². The van der Waals surface area contributed by atoms with E-state index >= 15 is 0 Å². The Bertz CT molecular complexity index is 21.2. The molecule has 0 saturated heterocycles. The second-order valence-electron chi connectivity index (χ2n) is 0.516. The molecule has 0 aliphatic rings. The Hall–Kier alpha value is 0.234. The van der Waals surface area contributed by atoms with Gasteiger partial charge in [0.05, 0.1) is 9.31 Å². The highest BCUT2D eigenvalue weighted by atomic mass is 28.2. The highest BCUT2D eigenvalue weighted by molar-refractivity contribution is 6.29. The summed E-state index contributed by atoms with van der Waals surface area (Å²) >= 11 is 0. The average molecular weight is 89.2 g/mol. The molecular weight excluding hydrogens is 82.2 g/mol. The SMILES string of the molecule is C/[SiH]=N\[SiH3]. The molecule has 0 aromatic rings. The zero-order valence-corrected chi connectivity index (χ0v) is 6.18. The molecule has 0 heterocycles. The molecule has 0 aliphatic carbocycles. The van der Waals surface area contributed by atoms with Crippen molar-refractivity contribution in [2.45, 2.75) is 6.55 Å². The van der Waals surface area contributed by atoms with Gasteiger partial charge in [-0.25, -0.2) is 0 Å². The summed E-state index contributed by atoms with van der Waals surface area (Å²) in [5.74, 6) is 0. The van der Waals surface area contributed by atoms with Crippen molar-refractivity contribution in [3.63, 3.8) is 0 Å². The van der Waals surface area contributed by atoms with Crippen molar-refractivity contribution in [1.82, 2.24) is 0 Å². The lowest BCUT2D eigenvalue weighted by Crippen LogP contribution is -1.54. The van der Waals surface area contributed by atoms with Crippen LogP contribution >= 0.6 is 0 Å². The molecule has 0 rings (SSSR count). The van der Waals surface area contributed by atoms with E-state index in [0.29, 0.717) is 9.31 Å². The van der Waals surface area contributed by atoms with Crippen LogP contribution in [0.15, 0.2) is 4.30 Å². The fourth-order valence-corrected chi connectivity index (χ4v) is 0. The highest BCUT2D eigenvalue weighted by Gasteiger charge is 1.35. The van der Waals surface area contributed by atoms with Gasteiger partial charge in [-0.3, -0.25) is 0 Å². The Balaban J connectivity index is 2.55. The fraction of sp³-hybridized carbons (Fsp3) is 1.00. The van der Waals surface area contributed by atoms with Gasteiger partial charge in [0.15, 0.2) is 0 Å². The molecule has 0 spiro atoms. The molecule has 0 amide bonds. The van der Waals surface area contributed by atoms with Crippen molar-refractivity contribution < 1.29 is 0 Å². The molecule has 24 valence electrons. The summed E-state index contributed by atoms with van der Waals surface area (Å²) in [5.41, 5.74) is 0. The van der Waals surface area contributed by atoms with Gasteiger partial charge in [0.1, 0.15) is 10.4 Å². The van der Waals surface area contributed by atoms with Crippen LogP contribution in [-0.4, -0.2) is 19.7 Å². The first-order valence-corrected chi connectivity index (χ1v) is 3.85. The van der Waals surface area contributed by atoms with E-state index in [1.807, 2.05) is 0 Å². The first kappa shape index (κ1) is 4.23. The molecule has 1 nitrogen and oxygen atoms in total. The van der Waals surface area contributed by atoms with Crippen molar-refractivity contribution >= 4 is 19.7 Å². The summed E-state index contributed by atoms with van der Waals surface area (Å²) in [5, 5.41) is 0. The quantitative estimate of drug-likeness (QED) is 0.335. The number of rotatable bonds is 0. The van der Waals surface area contributed by atoms with Gasteiger partial charge in [0, 0.05) is 0 Å². The minimum absolute atomic E-state index is 0.469.